The quantitative estimate of drug-likeness (QED) is 0.231. The fourth-order valence-electron chi connectivity index (χ4n) is 5.04. The number of benzene rings is 5. The molecule has 4 nitrogen and oxygen atoms in total. The van der Waals surface area contributed by atoms with Crippen LogP contribution in [0.1, 0.15) is 0 Å². The van der Waals surface area contributed by atoms with E-state index in [4.69, 9.17) is 19.9 Å². The molecule has 0 N–H and O–H groups in total. The summed E-state index contributed by atoms with van der Waals surface area (Å²) in [4.78, 5) is 19.7. The molecule has 7 rings (SSSR count). The molecule has 0 spiro atoms. The smallest absolute Gasteiger partial charge is 0.164 e. The lowest BCUT2D eigenvalue weighted by Crippen LogP contribution is -2.01. The maximum atomic E-state index is 5.04. The highest BCUT2D eigenvalue weighted by molar-refractivity contribution is 5.95. The maximum absolute atomic E-state index is 5.04. The molecule has 0 bridgehead atoms. The predicted octanol–water partition coefficient (Wildman–Crippen LogP) is 8.75. The van der Waals surface area contributed by atoms with E-state index >= 15 is 0 Å². The molecule has 0 fully saturated rings. The Hall–Kier alpha value is -5.48. The van der Waals surface area contributed by atoms with E-state index in [-0.39, 0.29) is 0 Å². The van der Waals surface area contributed by atoms with Crippen molar-refractivity contribution in [1.82, 2.24) is 19.9 Å². The van der Waals surface area contributed by atoms with Gasteiger partial charge in [-0.05, 0) is 28.6 Å². The molecule has 0 unspecified atom stereocenters. The van der Waals surface area contributed by atoms with Gasteiger partial charge in [0.1, 0.15) is 0 Å². The van der Waals surface area contributed by atoms with Crippen LogP contribution in [0.4, 0.5) is 0 Å². The van der Waals surface area contributed by atoms with Crippen LogP contribution in [0.25, 0.3) is 67.3 Å². The number of aromatic nitrogens is 4. The number of rotatable bonds is 5. The third kappa shape index (κ3) is 4.52. The Morgan fingerprint density at radius 1 is 0.375 bits per heavy atom. The van der Waals surface area contributed by atoms with E-state index in [0.717, 1.165) is 49.8 Å². The number of hydrogen-bond donors (Lipinski definition) is 0. The largest absolute Gasteiger partial charge is 0.256 e. The normalized spacial score (nSPS) is 11.0. The molecule has 0 aliphatic carbocycles. The number of fused-ring (bicyclic) bond motifs is 1. The molecule has 0 saturated carbocycles. The van der Waals surface area contributed by atoms with E-state index in [2.05, 4.69) is 48.5 Å². The zero-order chi connectivity index (χ0) is 26.7. The van der Waals surface area contributed by atoms with Gasteiger partial charge in [0.2, 0.25) is 0 Å². The summed E-state index contributed by atoms with van der Waals surface area (Å²) >= 11 is 0. The Balaban J connectivity index is 1.42. The molecular weight excluding hydrogens is 488 g/mol. The molecule has 2 heterocycles. The maximum Gasteiger partial charge on any atom is 0.164 e. The fourth-order valence-corrected chi connectivity index (χ4v) is 5.04. The third-order valence-corrected chi connectivity index (χ3v) is 6.99. The molecule has 40 heavy (non-hydrogen) atoms. The first-order valence-corrected chi connectivity index (χ1v) is 13.2. The SMILES string of the molecule is c1ccc(-c2nc(-c3cccc(-c4nccc5ccccc45)c3)nc(-c3ccccc3-c3ccccc3)n2)cc1. The highest BCUT2D eigenvalue weighted by atomic mass is 15.0. The van der Waals surface area contributed by atoms with Gasteiger partial charge in [0.25, 0.3) is 0 Å². The summed E-state index contributed by atoms with van der Waals surface area (Å²) in [6.45, 7) is 0. The first-order valence-electron chi connectivity index (χ1n) is 13.2. The molecule has 0 amide bonds. The molecule has 0 radical (unpaired) electrons. The summed E-state index contributed by atoms with van der Waals surface area (Å²) in [5, 5.41) is 2.27. The first-order chi connectivity index (χ1) is 19.8. The second-order valence-electron chi connectivity index (χ2n) is 9.55. The van der Waals surface area contributed by atoms with Gasteiger partial charge in [-0.1, -0.05) is 127 Å². The van der Waals surface area contributed by atoms with Crippen LogP contribution in [-0.4, -0.2) is 19.9 Å². The zero-order valence-electron chi connectivity index (χ0n) is 21.6. The van der Waals surface area contributed by atoms with Crippen LogP contribution in [0, 0.1) is 0 Å². The second-order valence-corrected chi connectivity index (χ2v) is 9.55. The third-order valence-electron chi connectivity index (χ3n) is 6.99. The van der Waals surface area contributed by atoms with Crippen LogP contribution in [0.3, 0.4) is 0 Å². The van der Waals surface area contributed by atoms with Gasteiger partial charge in [-0.3, -0.25) is 4.98 Å². The Morgan fingerprint density at radius 3 is 1.75 bits per heavy atom. The summed E-state index contributed by atoms with van der Waals surface area (Å²) in [5.74, 6) is 1.89. The lowest BCUT2D eigenvalue weighted by molar-refractivity contribution is 1.07. The van der Waals surface area contributed by atoms with Crippen LogP contribution in [0.5, 0.6) is 0 Å². The number of pyridine rings is 1. The van der Waals surface area contributed by atoms with Crippen LogP contribution in [0.2, 0.25) is 0 Å². The van der Waals surface area contributed by atoms with Crippen LogP contribution in [0.15, 0.2) is 146 Å². The predicted molar refractivity (Wildman–Crippen MR) is 162 cm³/mol. The molecule has 5 aromatic carbocycles. The van der Waals surface area contributed by atoms with Crippen molar-refractivity contribution < 1.29 is 0 Å². The van der Waals surface area contributed by atoms with Crippen molar-refractivity contribution in [3.63, 3.8) is 0 Å². The van der Waals surface area contributed by atoms with E-state index < -0.39 is 0 Å². The minimum Gasteiger partial charge on any atom is -0.256 e. The Morgan fingerprint density at radius 2 is 0.950 bits per heavy atom. The first kappa shape index (κ1) is 23.6. The van der Waals surface area contributed by atoms with E-state index in [9.17, 15) is 0 Å². The molecule has 188 valence electrons. The average molecular weight is 513 g/mol. The van der Waals surface area contributed by atoms with Crippen molar-refractivity contribution in [3.05, 3.63) is 146 Å². The number of hydrogen-bond acceptors (Lipinski definition) is 4. The van der Waals surface area contributed by atoms with Crippen LogP contribution >= 0.6 is 0 Å². The van der Waals surface area contributed by atoms with Crippen molar-refractivity contribution in [2.75, 3.05) is 0 Å². The van der Waals surface area contributed by atoms with Crippen molar-refractivity contribution in [2.45, 2.75) is 0 Å². The average Bonchev–Trinajstić information content (AvgIpc) is 3.05. The van der Waals surface area contributed by atoms with Gasteiger partial charge in [-0.2, -0.15) is 0 Å². The van der Waals surface area contributed by atoms with E-state index in [1.165, 1.54) is 0 Å². The monoisotopic (exact) mass is 512 g/mol. The lowest BCUT2D eigenvalue weighted by Gasteiger charge is -2.12. The minimum absolute atomic E-state index is 0.619. The van der Waals surface area contributed by atoms with Gasteiger partial charge in [0.15, 0.2) is 17.5 Å². The molecular formula is C36H24N4. The molecule has 0 saturated heterocycles. The van der Waals surface area contributed by atoms with E-state index in [1.54, 1.807) is 0 Å². The van der Waals surface area contributed by atoms with Gasteiger partial charge in [0.05, 0.1) is 5.69 Å². The van der Waals surface area contributed by atoms with E-state index in [1.807, 2.05) is 97.2 Å². The van der Waals surface area contributed by atoms with Crippen LogP contribution < -0.4 is 0 Å². The lowest BCUT2D eigenvalue weighted by atomic mass is 9.99. The summed E-state index contributed by atoms with van der Waals surface area (Å²) in [6, 6.07) is 47.3. The molecule has 0 aliphatic heterocycles. The van der Waals surface area contributed by atoms with Crippen LogP contribution in [-0.2, 0) is 0 Å². The summed E-state index contributed by atoms with van der Waals surface area (Å²) < 4.78 is 0. The van der Waals surface area contributed by atoms with Gasteiger partial charge < -0.3 is 0 Å². The molecule has 0 atom stereocenters. The van der Waals surface area contributed by atoms with Crippen molar-refractivity contribution >= 4 is 10.8 Å². The Bertz CT molecular complexity index is 1940. The Labute approximate surface area is 232 Å². The van der Waals surface area contributed by atoms with Gasteiger partial charge in [0, 0.05) is 33.8 Å². The van der Waals surface area contributed by atoms with Crippen molar-refractivity contribution in [3.8, 4) is 56.5 Å². The van der Waals surface area contributed by atoms with Gasteiger partial charge in [-0.25, -0.2) is 15.0 Å². The Kier molecular flexibility index (Phi) is 6.11. The van der Waals surface area contributed by atoms with Gasteiger partial charge in [-0.15, -0.1) is 0 Å². The molecule has 2 aromatic heterocycles. The molecule has 0 aliphatic rings. The highest BCUT2D eigenvalue weighted by Crippen LogP contribution is 2.33. The second kappa shape index (κ2) is 10.4. The summed E-state index contributed by atoms with van der Waals surface area (Å²) in [5.41, 5.74) is 6.95. The minimum atomic E-state index is 0.619. The fraction of sp³-hybridized carbons (Fsp3) is 0. The zero-order valence-corrected chi connectivity index (χ0v) is 21.6. The summed E-state index contributed by atoms with van der Waals surface area (Å²) in [6.07, 6.45) is 1.86. The molecule has 7 aromatic rings. The van der Waals surface area contributed by atoms with Gasteiger partial charge >= 0.3 is 0 Å². The molecule has 4 heteroatoms. The summed E-state index contributed by atoms with van der Waals surface area (Å²) in [7, 11) is 0. The topological polar surface area (TPSA) is 51.6 Å². The van der Waals surface area contributed by atoms with Crippen molar-refractivity contribution in [2.24, 2.45) is 0 Å². The number of nitrogens with zero attached hydrogens (tertiary/aromatic N) is 4. The standard InChI is InChI=1S/C36H24N4/c1-3-12-25(13-4-1)30-19-9-10-21-32(30)36-39-34(27-15-5-2-6-16-27)38-35(40-36)29-18-11-17-28(24-29)33-31-20-8-7-14-26(31)22-23-37-33/h1-24H. The highest BCUT2D eigenvalue weighted by Gasteiger charge is 2.16. The van der Waals surface area contributed by atoms with Crippen molar-refractivity contribution in [1.29, 1.82) is 0 Å². The van der Waals surface area contributed by atoms with E-state index in [0.29, 0.717) is 17.5 Å².